The molecule has 2 aromatic carbocycles. The Hall–Kier alpha value is -2.62. The van der Waals surface area contributed by atoms with Gasteiger partial charge in [-0.1, -0.05) is 31.0 Å². The molecule has 1 aliphatic carbocycles. The lowest BCUT2D eigenvalue weighted by Gasteiger charge is -2.10. The Morgan fingerprint density at radius 3 is 2.22 bits per heavy atom. The van der Waals surface area contributed by atoms with Gasteiger partial charge in [-0.15, -0.1) is 0 Å². The number of benzene rings is 2. The van der Waals surface area contributed by atoms with Gasteiger partial charge in [-0.2, -0.15) is 0 Å². The smallest absolute Gasteiger partial charge is 0.314 e. The molecule has 0 unspecified atom stereocenters. The molecule has 1 aliphatic rings. The molecular formula is C19H19NO3. The van der Waals surface area contributed by atoms with Gasteiger partial charge in [-0.3, -0.25) is 9.59 Å². The lowest BCUT2D eigenvalue weighted by atomic mass is 10.1. The number of hydrogen-bond donors (Lipinski definition) is 1. The molecule has 0 saturated heterocycles. The molecule has 118 valence electrons. The van der Waals surface area contributed by atoms with Crippen LogP contribution in [0.3, 0.4) is 0 Å². The average Bonchev–Trinajstić information content (AvgIpc) is 3.12. The van der Waals surface area contributed by atoms with Crippen molar-refractivity contribution in [1.29, 1.82) is 0 Å². The van der Waals surface area contributed by atoms with Gasteiger partial charge in [0.1, 0.15) is 5.75 Å². The quantitative estimate of drug-likeness (QED) is 0.685. The second-order valence-electron chi connectivity index (χ2n) is 5.75. The van der Waals surface area contributed by atoms with Crippen LogP contribution in [0.5, 0.6) is 5.75 Å². The van der Waals surface area contributed by atoms with Crippen molar-refractivity contribution in [2.24, 2.45) is 5.92 Å². The van der Waals surface area contributed by atoms with E-state index >= 15 is 0 Å². The minimum Gasteiger partial charge on any atom is -0.426 e. The van der Waals surface area contributed by atoms with Gasteiger partial charge in [0, 0.05) is 11.3 Å². The highest BCUT2D eigenvalue weighted by Gasteiger charge is 2.24. The molecule has 0 radical (unpaired) electrons. The molecule has 1 amide bonds. The standard InChI is InChI=1S/C19H19NO3/c21-18(14-6-2-1-3-7-14)20-16-10-12-17(13-11-16)23-19(22)15-8-4-5-9-15/h1-3,6-7,10-13,15H,4-5,8-9H2,(H,20,21). The number of hydrogen-bond acceptors (Lipinski definition) is 3. The van der Waals surface area contributed by atoms with E-state index in [1.54, 1.807) is 36.4 Å². The molecule has 0 bridgehead atoms. The fraction of sp³-hybridized carbons (Fsp3) is 0.263. The summed E-state index contributed by atoms with van der Waals surface area (Å²) >= 11 is 0. The van der Waals surface area contributed by atoms with Crippen LogP contribution < -0.4 is 10.1 Å². The molecule has 1 N–H and O–H groups in total. The van der Waals surface area contributed by atoms with E-state index < -0.39 is 0 Å². The largest absolute Gasteiger partial charge is 0.426 e. The summed E-state index contributed by atoms with van der Waals surface area (Å²) in [5, 5.41) is 2.81. The molecular weight excluding hydrogens is 290 g/mol. The Kier molecular flexibility index (Phi) is 4.71. The van der Waals surface area contributed by atoms with Crippen LogP contribution in [0.15, 0.2) is 54.6 Å². The summed E-state index contributed by atoms with van der Waals surface area (Å²) in [6.45, 7) is 0. The van der Waals surface area contributed by atoms with Crippen molar-refractivity contribution in [2.75, 3.05) is 5.32 Å². The van der Waals surface area contributed by atoms with Crippen LogP contribution in [0, 0.1) is 5.92 Å². The van der Waals surface area contributed by atoms with E-state index in [1.807, 2.05) is 18.2 Å². The summed E-state index contributed by atoms with van der Waals surface area (Å²) < 4.78 is 5.39. The zero-order valence-electron chi connectivity index (χ0n) is 12.8. The van der Waals surface area contributed by atoms with Crippen LogP contribution in [0.1, 0.15) is 36.0 Å². The monoisotopic (exact) mass is 309 g/mol. The minimum atomic E-state index is -0.165. The molecule has 0 aromatic heterocycles. The lowest BCUT2D eigenvalue weighted by molar-refractivity contribution is -0.138. The summed E-state index contributed by atoms with van der Waals surface area (Å²) in [5.41, 5.74) is 1.27. The van der Waals surface area contributed by atoms with E-state index in [-0.39, 0.29) is 17.8 Å². The van der Waals surface area contributed by atoms with Gasteiger partial charge in [-0.05, 0) is 49.2 Å². The van der Waals surface area contributed by atoms with Gasteiger partial charge in [0.05, 0.1) is 5.92 Å². The van der Waals surface area contributed by atoms with Gasteiger partial charge < -0.3 is 10.1 Å². The molecule has 0 heterocycles. The molecule has 0 spiro atoms. The van der Waals surface area contributed by atoms with Gasteiger partial charge >= 0.3 is 5.97 Å². The Bertz CT molecular complexity index is 674. The Balaban J connectivity index is 1.58. The van der Waals surface area contributed by atoms with Gasteiger partial charge in [0.2, 0.25) is 0 Å². The minimum absolute atomic E-state index is 0.0347. The number of esters is 1. The normalized spacial score (nSPS) is 14.4. The molecule has 0 atom stereocenters. The van der Waals surface area contributed by atoms with Crippen LogP contribution in [0.25, 0.3) is 0 Å². The van der Waals surface area contributed by atoms with Crippen LogP contribution in [-0.2, 0) is 4.79 Å². The molecule has 0 aliphatic heterocycles. The molecule has 23 heavy (non-hydrogen) atoms. The van der Waals surface area contributed by atoms with Crippen LogP contribution in [-0.4, -0.2) is 11.9 Å². The van der Waals surface area contributed by atoms with Crippen LogP contribution in [0.2, 0.25) is 0 Å². The van der Waals surface area contributed by atoms with Crippen LogP contribution in [0.4, 0.5) is 5.69 Å². The highest BCUT2D eigenvalue weighted by atomic mass is 16.5. The first-order valence-corrected chi connectivity index (χ1v) is 7.90. The second kappa shape index (κ2) is 7.09. The predicted molar refractivity (Wildman–Crippen MR) is 88.4 cm³/mol. The zero-order chi connectivity index (χ0) is 16.1. The summed E-state index contributed by atoms with van der Waals surface area (Å²) in [6, 6.07) is 15.9. The highest BCUT2D eigenvalue weighted by molar-refractivity contribution is 6.04. The number of nitrogens with one attached hydrogen (secondary N) is 1. The fourth-order valence-corrected chi connectivity index (χ4v) is 2.76. The zero-order valence-corrected chi connectivity index (χ0v) is 12.8. The number of rotatable bonds is 4. The maximum absolute atomic E-state index is 12.1. The Morgan fingerprint density at radius 2 is 1.57 bits per heavy atom. The number of carbonyl (C=O) groups excluding carboxylic acids is 2. The molecule has 3 rings (SSSR count). The van der Waals surface area contributed by atoms with Crippen molar-refractivity contribution in [3.63, 3.8) is 0 Å². The van der Waals surface area contributed by atoms with Crippen LogP contribution >= 0.6 is 0 Å². The first kappa shape index (κ1) is 15.3. The van der Waals surface area contributed by atoms with E-state index in [0.29, 0.717) is 17.0 Å². The van der Waals surface area contributed by atoms with E-state index in [2.05, 4.69) is 5.32 Å². The average molecular weight is 309 g/mol. The SMILES string of the molecule is O=C(Nc1ccc(OC(=O)C2CCCC2)cc1)c1ccccc1. The van der Waals surface area contributed by atoms with Crippen molar-refractivity contribution in [3.05, 3.63) is 60.2 Å². The molecule has 1 fully saturated rings. The molecule has 1 saturated carbocycles. The predicted octanol–water partition coefficient (Wildman–Crippen LogP) is 4.03. The maximum Gasteiger partial charge on any atom is 0.314 e. The summed E-state index contributed by atoms with van der Waals surface area (Å²) in [4.78, 5) is 24.0. The van der Waals surface area contributed by atoms with Gasteiger partial charge in [0.15, 0.2) is 0 Å². The van der Waals surface area contributed by atoms with E-state index in [4.69, 9.17) is 4.74 Å². The third kappa shape index (κ3) is 3.97. The van der Waals surface area contributed by atoms with E-state index in [0.717, 1.165) is 25.7 Å². The maximum atomic E-state index is 12.1. The Labute approximate surface area is 135 Å². The van der Waals surface area contributed by atoms with Crippen molar-refractivity contribution < 1.29 is 14.3 Å². The summed E-state index contributed by atoms with van der Waals surface area (Å²) in [6.07, 6.45) is 4.04. The van der Waals surface area contributed by atoms with Crippen molar-refractivity contribution in [2.45, 2.75) is 25.7 Å². The van der Waals surface area contributed by atoms with Crippen molar-refractivity contribution in [3.8, 4) is 5.75 Å². The van der Waals surface area contributed by atoms with Crippen molar-refractivity contribution >= 4 is 17.6 Å². The first-order chi connectivity index (χ1) is 11.2. The molecule has 4 nitrogen and oxygen atoms in total. The lowest BCUT2D eigenvalue weighted by Crippen LogP contribution is -2.17. The Morgan fingerprint density at radius 1 is 0.913 bits per heavy atom. The van der Waals surface area contributed by atoms with Gasteiger partial charge in [-0.25, -0.2) is 0 Å². The van der Waals surface area contributed by atoms with E-state index in [1.165, 1.54) is 0 Å². The molecule has 4 heteroatoms. The number of ether oxygens (including phenoxy) is 1. The topological polar surface area (TPSA) is 55.4 Å². The van der Waals surface area contributed by atoms with Gasteiger partial charge in [0.25, 0.3) is 5.91 Å². The number of carbonyl (C=O) groups is 2. The fourth-order valence-electron chi connectivity index (χ4n) is 2.76. The summed E-state index contributed by atoms with van der Waals surface area (Å²) in [5.74, 6) is 0.233. The van der Waals surface area contributed by atoms with Crippen molar-refractivity contribution in [1.82, 2.24) is 0 Å². The third-order valence-electron chi connectivity index (χ3n) is 4.06. The van der Waals surface area contributed by atoms with E-state index in [9.17, 15) is 9.59 Å². The molecule has 2 aromatic rings. The summed E-state index contributed by atoms with van der Waals surface area (Å²) in [7, 11) is 0. The third-order valence-corrected chi connectivity index (χ3v) is 4.06. The second-order valence-corrected chi connectivity index (χ2v) is 5.75. The number of amides is 1. The first-order valence-electron chi connectivity index (χ1n) is 7.90. The highest BCUT2D eigenvalue weighted by Crippen LogP contribution is 2.27. The number of anilines is 1.